The summed E-state index contributed by atoms with van der Waals surface area (Å²) in [5, 5.41) is 2.88. The van der Waals surface area contributed by atoms with E-state index in [9.17, 15) is 9.59 Å². The number of nitrogens with one attached hydrogen (secondary N) is 1. The number of carbonyl (C=O) groups excluding carboxylic acids is 2. The van der Waals surface area contributed by atoms with Gasteiger partial charge in [-0.25, -0.2) is 0 Å². The number of hydrogen-bond donors (Lipinski definition) is 1. The first-order valence-electron chi connectivity index (χ1n) is 9.78. The Hall–Kier alpha value is -2.62. The van der Waals surface area contributed by atoms with Crippen molar-refractivity contribution in [2.75, 3.05) is 0 Å². The van der Waals surface area contributed by atoms with Gasteiger partial charge in [0.2, 0.25) is 6.10 Å². The van der Waals surface area contributed by atoms with Gasteiger partial charge < -0.3 is 10.1 Å². The third-order valence-corrected chi connectivity index (χ3v) is 5.13. The van der Waals surface area contributed by atoms with Crippen molar-refractivity contribution in [2.24, 2.45) is 5.92 Å². The fourth-order valence-corrected chi connectivity index (χ4v) is 3.59. The quantitative estimate of drug-likeness (QED) is 0.698. The zero-order valence-electron chi connectivity index (χ0n) is 15.6. The van der Waals surface area contributed by atoms with Crippen molar-refractivity contribution < 1.29 is 14.3 Å². The summed E-state index contributed by atoms with van der Waals surface area (Å²) in [4.78, 5) is 25.1. The standard InChI is InChI=1S/C23H27NO3/c25-21(16-15-18-9-7-8-10-18)27-22(20-13-5-2-6-14-20)23(26)24-17-19-11-3-1-4-12-19/h1-6,11-14,18,22H,7-10,15-17H2,(H,24,26). The maximum atomic E-state index is 12.7. The first-order chi connectivity index (χ1) is 13.2. The van der Waals surface area contributed by atoms with Gasteiger partial charge in [-0.3, -0.25) is 9.59 Å². The second kappa shape index (κ2) is 9.91. The molecule has 0 bridgehead atoms. The predicted octanol–water partition coefficient (Wildman–Crippen LogP) is 4.56. The summed E-state index contributed by atoms with van der Waals surface area (Å²) in [7, 11) is 0. The number of rotatable bonds is 8. The van der Waals surface area contributed by atoms with Crippen molar-refractivity contribution in [3.63, 3.8) is 0 Å². The van der Waals surface area contributed by atoms with E-state index in [4.69, 9.17) is 4.74 Å². The van der Waals surface area contributed by atoms with E-state index >= 15 is 0 Å². The third kappa shape index (κ3) is 5.95. The minimum Gasteiger partial charge on any atom is -0.447 e. The highest BCUT2D eigenvalue weighted by atomic mass is 16.5. The zero-order valence-corrected chi connectivity index (χ0v) is 15.6. The fourth-order valence-electron chi connectivity index (χ4n) is 3.59. The molecule has 1 amide bonds. The Morgan fingerprint density at radius 1 is 0.963 bits per heavy atom. The van der Waals surface area contributed by atoms with Gasteiger partial charge in [0.05, 0.1) is 0 Å². The Morgan fingerprint density at radius 2 is 1.59 bits per heavy atom. The average Bonchev–Trinajstić information content (AvgIpc) is 3.24. The average molecular weight is 365 g/mol. The summed E-state index contributed by atoms with van der Waals surface area (Å²) in [6.45, 7) is 0.405. The Labute approximate surface area is 160 Å². The molecule has 1 fully saturated rings. The minimum absolute atomic E-state index is 0.292. The van der Waals surface area contributed by atoms with Crippen molar-refractivity contribution in [1.29, 1.82) is 0 Å². The van der Waals surface area contributed by atoms with Crippen molar-refractivity contribution >= 4 is 11.9 Å². The van der Waals surface area contributed by atoms with Crippen LogP contribution in [-0.2, 0) is 20.9 Å². The van der Waals surface area contributed by atoms with Crippen molar-refractivity contribution in [3.05, 3.63) is 71.8 Å². The molecule has 1 aliphatic carbocycles. The van der Waals surface area contributed by atoms with Gasteiger partial charge in [-0.1, -0.05) is 86.3 Å². The van der Waals surface area contributed by atoms with E-state index in [1.54, 1.807) is 0 Å². The number of carbonyl (C=O) groups is 2. The van der Waals surface area contributed by atoms with Crippen LogP contribution < -0.4 is 5.32 Å². The van der Waals surface area contributed by atoms with Crippen LogP contribution in [-0.4, -0.2) is 11.9 Å². The monoisotopic (exact) mass is 365 g/mol. The van der Waals surface area contributed by atoms with Crippen LogP contribution in [0, 0.1) is 5.92 Å². The lowest BCUT2D eigenvalue weighted by molar-refractivity contribution is -0.156. The lowest BCUT2D eigenvalue weighted by atomic mass is 10.0. The molecule has 0 radical (unpaired) electrons. The fraction of sp³-hybridized carbons (Fsp3) is 0.391. The minimum atomic E-state index is -0.911. The SMILES string of the molecule is O=C(CCC1CCCC1)OC(C(=O)NCc1ccccc1)c1ccccc1. The number of amides is 1. The van der Waals surface area contributed by atoms with E-state index in [0.29, 0.717) is 24.4 Å². The Bertz CT molecular complexity index is 724. The Morgan fingerprint density at radius 3 is 2.26 bits per heavy atom. The van der Waals surface area contributed by atoms with E-state index in [1.807, 2.05) is 60.7 Å². The number of ether oxygens (including phenoxy) is 1. The van der Waals surface area contributed by atoms with Gasteiger partial charge in [0.25, 0.3) is 5.91 Å². The van der Waals surface area contributed by atoms with Gasteiger partial charge in [0.15, 0.2) is 0 Å². The predicted molar refractivity (Wildman–Crippen MR) is 105 cm³/mol. The molecule has 2 aromatic carbocycles. The molecule has 1 saturated carbocycles. The molecule has 0 aliphatic heterocycles. The third-order valence-electron chi connectivity index (χ3n) is 5.13. The van der Waals surface area contributed by atoms with Gasteiger partial charge in [-0.05, 0) is 17.9 Å². The second-order valence-corrected chi connectivity index (χ2v) is 7.17. The summed E-state index contributed by atoms with van der Waals surface area (Å²) in [5.74, 6) is 0.0320. The lowest BCUT2D eigenvalue weighted by Gasteiger charge is -2.18. The van der Waals surface area contributed by atoms with Crippen molar-refractivity contribution in [3.8, 4) is 0 Å². The van der Waals surface area contributed by atoms with E-state index < -0.39 is 6.10 Å². The molecule has 3 rings (SSSR count). The maximum Gasteiger partial charge on any atom is 0.306 e. The second-order valence-electron chi connectivity index (χ2n) is 7.17. The van der Waals surface area contributed by atoms with Crippen LogP contribution in [0.25, 0.3) is 0 Å². The molecular formula is C23H27NO3. The highest BCUT2D eigenvalue weighted by molar-refractivity contribution is 5.85. The summed E-state index contributed by atoms with van der Waals surface area (Å²) >= 11 is 0. The molecule has 0 saturated heterocycles. The summed E-state index contributed by atoms with van der Waals surface area (Å²) in [6.07, 6.45) is 5.24. The van der Waals surface area contributed by atoms with Crippen LogP contribution in [0.5, 0.6) is 0 Å². The molecule has 0 heterocycles. The summed E-state index contributed by atoms with van der Waals surface area (Å²) in [5.41, 5.74) is 1.70. The molecule has 1 unspecified atom stereocenters. The van der Waals surface area contributed by atoms with Gasteiger partial charge in [-0.15, -0.1) is 0 Å². The van der Waals surface area contributed by atoms with E-state index in [2.05, 4.69) is 5.32 Å². The van der Waals surface area contributed by atoms with Gasteiger partial charge in [-0.2, -0.15) is 0 Å². The first kappa shape index (κ1) is 19.2. The number of esters is 1. The highest BCUT2D eigenvalue weighted by Gasteiger charge is 2.25. The molecule has 1 aliphatic rings. The number of benzene rings is 2. The summed E-state index contributed by atoms with van der Waals surface area (Å²) in [6, 6.07) is 18.9. The lowest BCUT2D eigenvalue weighted by Crippen LogP contribution is -2.31. The Balaban J connectivity index is 1.59. The number of hydrogen-bond acceptors (Lipinski definition) is 3. The maximum absolute atomic E-state index is 12.7. The van der Waals surface area contributed by atoms with Gasteiger partial charge in [0.1, 0.15) is 0 Å². The van der Waals surface area contributed by atoms with E-state index in [1.165, 1.54) is 25.7 Å². The van der Waals surface area contributed by atoms with Crippen LogP contribution >= 0.6 is 0 Å². The van der Waals surface area contributed by atoms with Crippen LogP contribution in [0.1, 0.15) is 55.8 Å². The molecule has 0 spiro atoms. The zero-order chi connectivity index (χ0) is 18.9. The molecule has 2 aromatic rings. The Kier molecular flexibility index (Phi) is 7.03. The molecule has 27 heavy (non-hydrogen) atoms. The van der Waals surface area contributed by atoms with Crippen molar-refractivity contribution in [1.82, 2.24) is 5.32 Å². The van der Waals surface area contributed by atoms with Crippen LogP contribution in [0.15, 0.2) is 60.7 Å². The first-order valence-corrected chi connectivity index (χ1v) is 9.78. The smallest absolute Gasteiger partial charge is 0.306 e. The molecule has 0 aromatic heterocycles. The molecular weight excluding hydrogens is 338 g/mol. The normalized spacial score (nSPS) is 15.3. The largest absolute Gasteiger partial charge is 0.447 e. The molecule has 4 heteroatoms. The van der Waals surface area contributed by atoms with Gasteiger partial charge in [0, 0.05) is 18.5 Å². The van der Waals surface area contributed by atoms with Crippen LogP contribution in [0.2, 0.25) is 0 Å². The topological polar surface area (TPSA) is 55.4 Å². The van der Waals surface area contributed by atoms with Gasteiger partial charge >= 0.3 is 5.97 Å². The molecule has 1 atom stereocenters. The van der Waals surface area contributed by atoms with E-state index in [0.717, 1.165) is 12.0 Å². The van der Waals surface area contributed by atoms with Crippen LogP contribution in [0.3, 0.4) is 0 Å². The molecule has 1 N–H and O–H groups in total. The molecule has 142 valence electrons. The highest BCUT2D eigenvalue weighted by Crippen LogP contribution is 2.29. The van der Waals surface area contributed by atoms with E-state index in [-0.39, 0.29) is 11.9 Å². The summed E-state index contributed by atoms with van der Waals surface area (Å²) < 4.78 is 5.60. The van der Waals surface area contributed by atoms with Crippen LogP contribution in [0.4, 0.5) is 0 Å². The molecule has 4 nitrogen and oxygen atoms in total. The van der Waals surface area contributed by atoms with Crippen molar-refractivity contribution in [2.45, 2.75) is 51.2 Å².